The van der Waals surface area contributed by atoms with Gasteiger partial charge in [-0.25, -0.2) is 8.78 Å². The number of aliphatic carboxylic acids is 1. The van der Waals surface area contributed by atoms with E-state index in [9.17, 15) is 13.6 Å². The van der Waals surface area contributed by atoms with Crippen molar-refractivity contribution < 1.29 is 23.4 Å². The summed E-state index contributed by atoms with van der Waals surface area (Å²) in [7, 11) is 0. The number of hydrogen-bond acceptors (Lipinski definition) is 2. The summed E-state index contributed by atoms with van der Waals surface area (Å²) in [6.45, 7) is 0.174. The first kappa shape index (κ1) is 12.4. The Bertz CT molecular complexity index is 366. The molecule has 1 rings (SSSR count). The zero-order valence-electron chi connectivity index (χ0n) is 8.58. The van der Waals surface area contributed by atoms with E-state index in [1.54, 1.807) is 0 Å². The second-order valence-corrected chi connectivity index (χ2v) is 3.27. The van der Waals surface area contributed by atoms with Gasteiger partial charge >= 0.3 is 5.97 Å². The molecule has 5 heteroatoms. The summed E-state index contributed by atoms with van der Waals surface area (Å²) in [5.74, 6) is -2.21. The zero-order chi connectivity index (χ0) is 12.0. The maximum Gasteiger partial charge on any atom is 0.303 e. The van der Waals surface area contributed by atoms with E-state index in [1.165, 1.54) is 0 Å². The third-order valence-electron chi connectivity index (χ3n) is 1.94. The van der Waals surface area contributed by atoms with Gasteiger partial charge in [-0.3, -0.25) is 4.79 Å². The minimum absolute atomic E-state index is 0.0506. The molecule has 1 aromatic carbocycles. The number of halogens is 2. The maximum absolute atomic E-state index is 13.0. The molecule has 0 radical (unpaired) electrons. The molecule has 16 heavy (non-hydrogen) atoms. The molecule has 0 aliphatic carbocycles. The lowest BCUT2D eigenvalue weighted by atomic mass is 10.2. The highest BCUT2D eigenvalue weighted by Crippen LogP contribution is 2.18. The van der Waals surface area contributed by atoms with Crippen molar-refractivity contribution in [1.29, 1.82) is 0 Å². The number of carbonyl (C=O) groups is 1. The standard InChI is InChI=1S/C11H12F2O3/c12-8-4-5-9(13)10(7-8)16-6-2-1-3-11(14)15/h4-5,7H,1-3,6H2,(H,14,15). The van der Waals surface area contributed by atoms with Gasteiger partial charge in [0.25, 0.3) is 0 Å². The second-order valence-electron chi connectivity index (χ2n) is 3.27. The van der Waals surface area contributed by atoms with E-state index in [2.05, 4.69) is 0 Å². The fraction of sp³-hybridized carbons (Fsp3) is 0.364. The Balaban J connectivity index is 2.31. The fourth-order valence-electron chi connectivity index (χ4n) is 1.15. The summed E-state index contributed by atoms with van der Waals surface area (Å²) in [6.07, 6.45) is 0.990. The van der Waals surface area contributed by atoms with E-state index in [-0.39, 0.29) is 18.8 Å². The van der Waals surface area contributed by atoms with Crippen LogP contribution in [0.5, 0.6) is 5.75 Å². The molecule has 88 valence electrons. The van der Waals surface area contributed by atoms with Crippen molar-refractivity contribution in [3.05, 3.63) is 29.8 Å². The van der Waals surface area contributed by atoms with Crippen LogP contribution < -0.4 is 4.74 Å². The molecule has 0 atom stereocenters. The predicted molar refractivity (Wildman–Crippen MR) is 53.3 cm³/mol. The van der Waals surface area contributed by atoms with E-state index in [0.717, 1.165) is 18.2 Å². The Morgan fingerprint density at radius 3 is 2.75 bits per heavy atom. The molecule has 0 saturated carbocycles. The quantitative estimate of drug-likeness (QED) is 0.764. The predicted octanol–water partition coefficient (Wildman–Crippen LogP) is 2.60. The molecular formula is C11H12F2O3. The van der Waals surface area contributed by atoms with Gasteiger partial charge in [-0.1, -0.05) is 0 Å². The van der Waals surface area contributed by atoms with Gasteiger partial charge in [0.2, 0.25) is 0 Å². The first-order valence-electron chi connectivity index (χ1n) is 4.89. The van der Waals surface area contributed by atoms with Gasteiger partial charge in [0.1, 0.15) is 5.82 Å². The summed E-state index contributed by atoms with van der Waals surface area (Å²) >= 11 is 0. The van der Waals surface area contributed by atoms with Gasteiger partial charge in [-0.2, -0.15) is 0 Å². The smallest absolute Gasteiger partial charge is 0.303 e. The molecule has 3 nitrogen and oxygen atoms in total. The van der Waals surface area contributed by atoms with Crippen LogP contribution in [0.1, 0.15) is 19.3 Å². The lowest BCUT2D eigenvalue weighted by Crippen LogP contribution is -2.01. The lowest BCUT2D eigenvalue weighted by molar-refractivity contribution is -0.137. The molecule has 0 aromatic heterocycles. The topological polar surface area (TPSA) is 46.5 Å². The molecular weight excluding hydrogens is 218 g/mol. The van der Waals surface area contributed by atoms with Crippen LogP contribution in [0, 0.1) is 11.6 Å². The maximum atomic E-state index is 13.0. The van der Waals surface area contributed by atoms with Crippen molar-refractivity contribution in [3.8, 4) is 5.75 Å². The van der Waals surface area contributed by atoms with Crippen LogP contribution in [0.4, 0.5) is 8.78 Å². The number of ether oxygens (including phenoxy) is 1. The molecule has 0 unspecified atom stereocenters. The van der Waals surface area contributed by atoms with Crippen molar-refractivity contribution in [1.82, 2.24) is 0 Å². The van der Waals surface area contributed by atoms with Crippen molar-refractivity contribution in [2.45, 2.75) is 19.3 Å². The van der Waals surface area contributed by atoms with Gasteiger partial charge in [-0.15, -0.1) is 0 Å². The van der Waals surface area contributed by atoms with E-state index in [0.29, 0.717) is 12.8 Å². The first-order valence-corrected chi connectivity index (χ1v) is 4.89. The van der Waals surface area contributed by atoms with Gasteiger partial charge in [-0.05, 0) is 25.0 Å². The summed E-state index contributed by atoms with van der Waals surface area (Å²) in [6, 6.07) is 2.96. The molecule has 0 aliphatic rings. The van der Waals surface area contributed by atoms with Crippen LogP contribution in [-0.4, -0.2) is 17.7 Å². The Morgan fingerprint density at radius 2 is 2.06 bits per heavy atom. The molecule has 1 N–H and O–H groups in total. The van der Waals surface area contributed by atoms with Gasteiger partial charge in [0.05, 0.1) is 6.61 Å². The summed E-state index contributed by atoms with van der Waals surface area (Å²) in [5, 5.41) is 8.36. The van der Waals surface area contributed by atoms with Crippen LogP contribution in [-0.2, 0) is 4.79 Å². The molecule has 0 bridgehead atoms. The Kier molecular flexibility index (Phi) is 4.69. The van der Waals surface area contributed by atoms with Crippen molar-refractivity contribution in [3.63, 3.8) is 0 Å². The van der Waals surface area contributed by atoms with Crippen LogP contribution in [0.3, 0.4) is 0 Å². The summed E-state index contributed by atoms with van der Waals surface area (Å²) < 4.78 is 30.7. The van der Waals surface area contributed by atoms with Crippen LogP contribution >= 0.6 is 0 Å². The van der Waals surface area contributed by atoms with Crippen LogP contribution in [0.25, 0.3) is 0 Å². The Morgan fingerprint density at radius 1 is 1.31 bits per heavy atom. The number of unbranched alkanes of at least 4 members (excludes halogenated alkanes) is 1. The molecule has 0 heterocycles. The zero-order valence-corrected chi connectivity index (χ0v) is 8.58. The average molecular weight is 230 g/mol. The highest BCUT2D eigenvalue weighted by molar-refractivity contribution is 5.66. The third-order valence-corrected chi connectivity index (χ3v) is 1.94. The summed E-state index contributed by atoms with van der Waals surface area (Å²) in [4.78, 5) is 10.2. The lowest BCUT2D eigenvalue weighted by Gasteiger charge is -2.06. The van der Waals surface area contributed by atoms with Crippen LogP contribution in [0.15, 0.2) is 18.2 Å². The minimum atomic E-state index is -0.878. The Labute approximate surface area is 91.7 Å². The average Bonchev–Trinajstić information content (AvgIpc) is 2.22. The number of hydrogen-bond donors (Lipinski definition) is 1. The molecule has 0 saturated heterocycles. The van der Waals surface area contributed by atoms with Crippen molar-refractivity contribution in [2.75, 3.05) is 6.61 Å². The van der Waals surface area contributed by atoms with E-state index < -0.39 is 17.6 Å². The number of rotatable bonds is 6. The largest absolute Gasteiger partial charge is 0.490 e. The van der Waals surface area contributed by atoms with E-state index in [1.807, 2.05) is 0 Å². The third kappa shape index (κ3) is 4.25. The van der Waals surface area contributed by atoms with Gasteiger partial charge in [0.15, 0.2) is 11.6 Å². The molecule has 0 spiro atoms. The molecule has 0 fully saturated rings. The van der Waals surface area contributed by atoms with Gasteiger partial charge in [0, 0.05) is 12.5 Å². The number of carboxylic acids is 1. The SMILES string of the molecule is O=C(O)CCCCOc1cc(F)ccc1F. The fourth-order valence-corrected chi connectivity index (χ4v) is 1.15. The molecule has 1 aromatic rings. The minimum Gasteiger partial charge on any atom is -0.490 e. The summed E-state index contributed by atoms with van der Waals surface area (Å²) in [5.41, 5.74) is 0. The number of benzene rings is 1. The monoisotopic (exact) mass is 230 g/mol. The highest BCUT2D eigenvalue weighted by atomic mass is 19.1. The normalized spacial score (nSPS) is 10.1. The van der Waals surface area contributed by atoms with Crippen molar-refractivity contribution >= 4 is 5.97 Å². The van der Waals surface area contributed by atoms with Crippen molar-refractivity contribution in [2.24, 2.45) is 0 Å². The van der Waals surface area contributed by atoms with E-state index >= 15 is 0 Å². The molecule has 0 aliphatic heterocycles. The molecule has 0 amide bonds. The number of carboxylic acid groups (broad SMARTS) is 1. The van der Waals surface area contributed by atoms with E-state index in [4.69, 9.17) is 9.84 Å². The first-order chi connectivity index (χ1) is 7.59. The Hall–Kier alpha value is -1.65. The van der Waals surface area contributed by atoms with Gasteiger partial charge < -0.3 is 9.84 Å². The second kappa shape index (κ2) is 6.05. The highest BCUT2D eigenvalue weighted by Gasteiger charge is 2.04. The van der Waals surface area contributed by atoms with Crippen LogP contribution in [0.2, 0.25) is 0 Å².